The van der Waals surface area contributed by atoms with Gasteiger partial charge in [0.1, 0.15) is 6.29 Å². The second-order valence-corrected chi connectivity index (χ2v) is 3.68. The van der Waals surface area contributed by atoms with Crippen LogP contribution in [-0.4, -0.2) is 13.4 Å². The zero-order chi connectivity index (χ0) is 11.1. The molecule has 0 bridgehead atoms. The van der Waals surface area contributed by atoms with Crippen LogP contribution in [-0.2, 0) is 16.0 Å². The molecule has 0 fully saturated rings. The van der Waals surface area contributed by atoms with E-state index in [9.17, 15) is 4.79 Å². The Morgan fingerprint density at radius 2 is 2.00 bits per heavy atom. The fourth-order valence-electron chi connectivity index (χ4n) is 1.48. The summed E-state index contributed by atoms with van der Waals surface area (Å²) in [5.41, 5.74) is 2.47. The first kappa shape index (κ1) is 11.9. The summed E-state index contributed by atoms with van der Waals surface area (Å²) in [4.78, 5) is 10.2. The van der Waals surface area contributed by atoms with Crippen LogP contribution < -0.4 is 0 Å². The van der Waals surface area contributed by atoms with Crippen LogP contribution >= 0.6 is 0 Å². The second kappa shape index (κ2) is 6.36. The molecule has 1 rings (SSSR count). The zero-order valence-corrected chi connectivity index (χ0v) is 9.40. The minimum atomic E-state index is 0.147. The minimum Gasteiger partial charge on any atom is -0.377 e. The molecule has 0 aliphatic heterocycles. The fraction of sp³-hybridized carbons (Fsp3) is 0.462. The van der Waals surface area contributed by atoms with Crippen LogP contribution in [0.2, 0.25) is 0 Å². The van der Waals surface area contributed by atoms with E-state index >= 15 is 0 Å². The lowest BCUT2D eigenvalue weighted by atomic mass is 10.0. The Bertz CT molecular complexity index is 290. The van der Waals surface area contributed by atoms with Gasteiger partial charge < -0.3 is 9.53 Å². The highest BCUT2D eigenvalue weighted by atomic mass is 16.5. The number of benzene rings is 1. The van der Waals surface area contributed by atoms with Gasteiger partial charge in [-0.05, 0) is 30.9 Å². The van der Waals surface area contributed by atoms with Crippen molar-refractivity contribution in [3.05, 3.63) is 35.4 Å². The van der Waals surface area contributed by atoms with E-state index in [2.05, 4.69) is 24.3 Å². The summed E-state index contributed by atoms with van der Waals surface area (Å²) in [7, 11) is 1.71. The molecule has 15 heavy (non-hydrogen) atoms. The summed E-state index contributed by atoms with van der Waals surface area (Å²) in [6.45, 7) is 2.03. The highest BCUT2D eigenvalue weighted by Crippen LogP contribution is 2.16. The van der Waals surface area contributed by atoms with E-state index in [4.69, 9.17) is 4.74 Å². The summed E-state index contributed by atoms with van der Waals surface area (Å²) >= 11 is 0. The maximum Gasteiger partial charge on any atom is 0.120 e. The first-order valence-corrected chi connectivity index (χ1v) is 5.33. The van der Waals surface area contributed by atoms with Crippen molar-refractivity contribution >= 4 is 6.29 Å². The number of carbonyl (C=O) groups excluding carboxylic acids is 1. The third kappa shape index (κ3) is 3.84. The molecule has 1 aromatic carbocycles. The molecular weight excluding hydrogens is 188 g/mol. The Labute approximate surface area is 91.3 Å². The normalized spacial score (nSPS) is 12.4. The van der Waals surface area contributed by atoms with E-state index in [1.165, 1.54) is 11.1 Å². The molecule has 0 N–H and O–H groups in total. The van der Waals surface area contributed by atoms with E-state index in [1.54, 1.807) is 7.11 Å². The van der Waals surface area contributed by atoms with Crippen LogP contribution in [0.1, 0.15) is 37.0 Å². The van der Waals surface area contributed by atoms with Crippen LogP contribution in [0.5, 0.6) is 0 Å². The molecule has 0 aromatic heterocycles. The number of hydrogen-bond donors (Lipinski definition) is 0. The average Bonchev–Trinajstić information content (AvgIpc) is 2.29. The lowest BCUT2D eigenvalue weighted by Crippen LogP contribution is -1.96. The largest absolute Gasteiger partial charge is 0.377 e. The van der Waals surface area contributed by atoms with Gasteiger partial charge in [-0.15, -0.1) is 0 Å². The number of hydrogen-bond acceptors (Lipinski definition) is 2. The first-order valence-electron chi connectivity index (χ1n) is 5.33. The zero-order valence-electron chi connectivity index (χ0n) is 9.40. The summed E-state index contributed by atoms with van der Waals surface area (Å²) < 4.78 is 5.23. The molecule has 0 aliphatic rings. The summed E-state index contributed by atoms with van der Waals surface area (Å²) in [5, 5.41) is 0. The predicted molar refractivity (Wildman–Crippen MR) is 60.9 cm³/mol. The molecule has 0 spiro atoms. The van der Waals surface area contributed by atoms with E-state index in [1.807, 2.05) is 6.92 Å². The molecule has 0 saturated carbocycles. The lowest BCUT2D eigenvalue weighted by Gasteiger charge is -2.10. The molecule has 1 aromatic rings. The van der Waals surface area contributed by atoms with E-state index in [0.29, 0.717) is 6.42 Å². The van der Waals surface area contributed by atoms with Gasteiger partial charge >= 0.3 is 0 Å². The fourth-order valence-corrected chi connectivity index (χ4v) is 1.48. The Hall–Kier alpha value is -1.15. The molecule has 0 saturated heterocycles. The number of rotatable bonds is 6. The summed E-state index contributed by atoms with van der Waals surface area (Å²) in [5.74, 6) is 0. The van der Waals surface area contributed by atoms with Crippen LogP contribution in [0.25, 0.3) is 0 Å². The first-order chi connectivity index (χ1) is 7.27. The number of aryl methyl sites for hydroxylation is 1. The van der Waals surface area contributed by atoms with Gasteiger partial charge in [-0.25, -0.2) is 0 Å². The van der Waals surface area contributed by atoms with Crippen molar-refractivity contribution in [2.45, 2.75) is 32.3 Å². The van der Waals surface area contributed by atoms with Gasteiger partial charge in [0.2, 0.25) is 0 Å². The SMILES string of the molecule is COC(C)c1ccc(CCCC=O)cc1. The highest BCUT2D eigenvalue weighted by Gasteiger charge is 2.02. The van der Waals surface area contributed by atoms with Gasteiger partial charge in [0.25, 0.3) is 0 Å². The molecule has 0 heterocycles. The lowest BCUT2D eigenvalue weighted by molar-refractivity contribution is -0.107. The van der Waals surface area contributed by atoms with Crippen molar-refractivity contribution in [2.24, 2.45) is 0 Å². The number of carbonyl (C=O) groups is 1. The van der Waals surface area contributed by atoms with Crippen molar-refractivity contribution in [3.63, 3.8) is 0 Å². The van der Waals surface area contributed by atoms with Gasteiger partial charge in [0, 0.05) is 13.5 Å². The quantitative estimate of drug-likeness (QED) is 0.528. The minimum absolute atomic E-state index is 0.147. The number of ether oxygens (including phenoxy) is 1. The molecule has 82 valence electrons. The third-order valence-corrected chi connectivity index (χ3v) is 2.59. The molecule has 0 amide bonds. The Morgan fingerprint density at radius 1 is 1.33 bits per heavy atom. The van der Waals surface area contributed by atoms with Gasteiger partial charge in [-0.3, -0.25) is 0 Å². The molecule has 1 atom stereocenters. The maximum absolute atomic E-state index is 10.2. The van der Waals surface area contributed by atoms with E-state index < -0.39 is 0 Å². The Morgan fingerprint density at radius 3 is 2.53 bits per heavy atom. The van der Waals surface area contributed by atoms with Crippen LogP contribution in [0.15, 0.2) is 24.3 Å². The number of methoxy groups -OCH3 is 1. The second-order valence-electron chi connectivity index (χ2n) is 3.68. The van der Waals surface area contributed by atoms with Crippen molar-refractivity contribution in [1.82, 2.24) is 0 Å². The van der Waals surface area contributed by atoms with E-state index in [-0.39, 0.29) is 6.10 Å². The molecule has 0 aliphatic carbocycles. The van der Waals surface area contributed by atoms with Gasteiger partial charge in [-0.1, -0.05) is 24.3 Å². The summed E-state index contributed by atoms with van der Waals surface area (Å²) in [6.07, 6.45) is 3.68. The standard InChI is InChI=1S/C13H18O2/c1-11(15-2)13-8-6-12(7-9-13)5-3-4-10-14/h6-11H,3-5H2,1-2H3. The summed E-state index contributed by atoms with van der Waals surface area (Å²) in [6, 6.07) is 8.39. The van der Waals surface area contributed by atoms with Crippen molar-refractivity contribution in [1.29, 1.82) is 0 Å². The van der Waals surface area contributed by atoms with Crippen molar-refractivity contribution in [3.8, 4) is 0 Å². The Kier molecular flexibility index (Phi) is 5.05. The maximum atomic E-state index is 10.2. The molecule has 0 radical (unpaired) electrons. The highest BCUT2D eigenvalue weighted by molar-refractivity contribution is 5.49. The smallest absolute Gasteiger partial charge is 0.120 e. The molecule has 2 heteroatoms. The monoisotopic (exact) mass is 206 g/mol. The van der Waals surface area contributed by atoms with Gasteiger partial charge in [0.15, 0.2) is 0 Å². The molecule has 2 nitrogen and oxygen atoms in total. The van der Waals surface area contributed by atoms with Crippen molar-refractivity contribution in [2.75, 3.05) is 7.11 Å². The van der Waals surface area contributed by atoms with Crippen molar-refractivity contribution < 1.29 is 9.53 Å². The topological polar surface area (TPSA) is 26.3 Å². The number of aldehydes is 1. The number of unbranched alkanes of at least 4 members (excludes halogenated alkanes) is 1. The molecular formula is C13H18O2. The van der Waals surface area contributed by atoms with Gasteiger partial charge in [-0.2, -0.15) is 0 Å². The van der Waals surface area contributed by atoms with Crippen LogP contribution in [0.4, 0.5) is 0 Å². The van der Waals surface area contributed by atoms with Crippen LogP contribution in [0, 0.1) is 0 Å². The van der Waals surface area contributed by atoms with Crippen LogP contribution in [0.3, 0.4) is 0 Å². The third-order valence-electron chi connectivity index (χ3n) is 2.59. The average molecular weight is 206 g/mol. The predicted octanol–water partition coefficient (Wildman–Crippen LogP) is 2.92. The van der Waals surface area contributed by atoms with Gasteiger partial charge in [0.05, 0.1) is 6.10 Å². The Balaban J connectivity index is 2.52. The van der Waals surface area contributed by atoms with E-state index in [0.717, 1.165) is 19.1 Å². The molecule has 1 unspecified atom stereocenters.